The number of nitrogens with zero attached hydrogens (tertiary/aromatic N) is 1. The molecule has 0 unspecified atom stereocenters. The van der Waals surface area contributed by atoms with Gasteiger partial charge < -0.3 is 14.4 Å². The number of hydrogen-bond donors (Lipinski definition) is 0. The number of anilines is 1. The van der Waals surface area contributed by atoms with Gasteiger partial charge in [-0.15, -0.1) is 0 Å². The molecule has 32 heavy (non-hydrogen) atoms. The summed E-state index contributed by atoms with van der Waals surface area (Å²) in [4.78, 5) is 14.7. The predicted molar refractivity (Wildman–Crippen MR) is 135 cm³/mol. The second kappa shape index (κ2) is 12.6. The SMILES string of the molecule is COc1cc(C(=O)/C=C/c2ccc(N(C)C)cc2)ccc1OC/C=C(\C)CCC=C(C)C. The molecule has 2 aromatic carbocycles. The van der Waals surface area contributed by atoms with Gasteiger partial charge in [-0.2, -0.15) is 0 Å². The van der Waals surface area contributed by atoms with Crippen molar-refractivity contribution >= 4 is 17.5 Å². The molecule has 0 N–H and O–H groups in total. The number of methoxy groups -OCH3 is 1. The van der Waals surface area contributed by atoms with Crippen molar-refractivity contribution in [3.05, 3.63) is 83.0 Å². The maximum absolute atomic E-state index is 12.6. The lowest BCUT2D eigenvalue weighted by atomic mass is 10.1. The number of benzene rings is 2. The van der Waals surface area contributed by atoms with Gasteiger partial charge in [-0.3, -0.25) is 4.79 Å². The summed E-state index contributed by atoms with van der Waals surface area (Å²) < 4.78 is 11.3. The molecular formula is C28H35NO3. The van der Waals surface area contributed by atoms with E-state index in [9.17, 15) is 4.79 Å². The molecule has 0 saturated carbocycles. The van der Waals surface area contributed by atoms with Crippen molar-refractivity contribution in [3.8, 4) is 11.5 Å². The number of carbonyl (C=O) groups is 1. The Morgan fingerprint density at radius 3 is 2.31 bits per heavy atom. The largest absolute Gasteiger partial charge is 0.493 e. The Morgan fingerprint density at radius 1 is 0.969 bits per heavy atom. The molecule has 170 valence electrons. The van der Waals surface area contributed by atoms with Crippen LogP contribution in [0.25, 0.3) is 6.08 Å². The number of ether oxygens (including phenoxy) is 2. The van der Waals surface area contributed by atoms with E-state index in [2.05, 4.69) is 32.9 Å². The van der Waals surface area contributed by atoms with Crippen LogP contribution in [0.5, 0.6) is 11.5 Å². The zero-order valence-electron chi connectivity index (χ0n) is 20.1. The topological polar surface area (TPSA) is 38.8 Å². The van der Waals surface area contributed by atoms with Crippen LogP contribution in [0.2, 0.25) is 0 Å². The molecular weight excluding hydrogens is 398 g/mol. The number of ketones is 1. The molecule has 2 aromatic rings. The normalized spacial score (nSPS) is 11.4. The number of carbonyl (C=O) groups excluding carboxylic acids is 1. The molecule has 0 heterocycles. The van der Waals surface area contributed by atoms with Gasteiger partial charge in [0.15, 0.2) is 17.3 Å². The second-order valence-electron chi connectivity index (χ2n) is 8.23. The number of allylic oxidation sites excluding steroid dienone is 4. The summed E-state index contributed by atoms with van der Waals surface area (Å²) in [5.74, 6) is 1.09. The molecule has 0 aliphatic rings. The van der Waals surface area contributed by atoms with E-state index in [1.807, 2.05) is 49.3 Å². The first-order chi connectivity index (χ1) is 15.3. The van der Waals surface area contributed by atoms with Crippen LogP contribution < -0.4 is 14.4 Å². The minimum absolute atomic E-state index is 0.0819. The highest BCUT2D eigenvalue weighted by Gasteiger charge is 2.09. The number of hydrogen-bond acceptors (Lipinski definition) is 4. The highest BCUT2D eigenvalue weighted by atomic mass is 16.5. The first-order valence-corrected chi connectivity index (χ1v) is 10.9. The van der Waals surface area contributed by atoms with Crippen molar-refractivity contribution < 1.29 is 14.3 Å². The van der Waals surface area contributed by atoms with Gasteiger partial charge in [0.1, 0.15) is 6.61 Å². The molecule has 0 aromatic heterocycles. The second-order valence-corrected chi connectivity index (χ2v) is 8.23. The average molecular weight is 434 g/mol. The maximum Gasteiger partial charge on any atom is 0.185 e. The Morgan fingerprint density at radius 2 is 1.69 bits per heavy atom. The van der Waals surface area contributed by atoms with Crippen molar-refractivity contribution in [1.82, 2.24) is 0 Å². The van der Waals surface area contributed by atoms with E-state index in [0.29, 0.717) is 23.7 Å². The molecule has 0 saturated heterocycles. The maximum atomic E-state index is 12.6. The molecule has 0 bridgehead atoms. The molecule has 0 spiro atoms. The first kappa shape index (κ1) is 25.0. The third-order valence-corrected chi connectivity index (χ3v) is 5.05. The lowest BCUT2D eigenvalue weighted by Crippen LogP contribution is -2.07. The molecule has 0 aliphatic carbocycles. The van der Waals surface area contributed by atoms with Gasteiger partial charge in [0.2, 0.25) is 0 Å². The summed E-state index contributed by atoms with van der Waals surface area (Å²) in [6, 6.07) is 13.3. The zero-order chi connectivity index (χ0) is 23.5. The predicted octanol–water partition coefficient (Wildman–Crippen LogP) is 6.73. The van der Waals surface area contributed by atoms with Crippen molar-refractivity contribution in [3.63, 3.8) is 0 Å². The summed E-state index contributed by atoms with van der Waals surface area (Å²) in [6.45, 7) is 6.80. The summed E-state index contributed by atoms with van der Waals surface area (Å²) in [5, 5.41) is 0. The van der Waals surface area contributed by atoms with E-state index in [4.69, 9.17) is 9.47 Å². The van der Waals surface area contributed by atoms with Crippen LogP contribution >= 0.6 is 0 Å². The Hall–Kier alpha value is -3.27. The van der Waals surface area contributed by atoms with Gasteiger partial charge in [-0.1, -0.05) is 35.4 Å². The fourth-order valence-electron chi connectivity index (χ4n) is 3.06. The highest BCUT2D eigenvalue weighted by Crippen LogP contribution is 2.28. The molecule has 0 amide bonds. The Labute approximate surface area is 192 Å². The molecule has 0 fully saturated rings. The number of rotatable bonds is 11. The molecule has 4 nitrogen and oxygen atoms in total. The van der Waals surface area contributed by atoms with E-state index < -0.39 is 0 Å². The van der Waals surface area contributed by atoms with Gasteiger partial charge in [0.25, 0.3) is 0 Å². The highest BCUT2D eigenvalue weighted by molar-refractivity contribution is 6.07. The van der Waals surface area contributed by atoms with Crippen LogP contribution in [0.3, 0.4) is 0 Å². The van der Waals surface area contributed by atoms with Crippen molar-refractivity contribution in [2.75, 3.05) is 32.7 Å². The summed E-state index contributed by atoms with van der Waals surface area (Å²) in [7, 11) is 5.58. The molecule has 0 aliphatic heterocycles. The zero-order valence-corrected chi connectivity index (χ0v) is 20.1. The monoisotopic (exact) mass is 433 g/mol. The fourth-order valence-corrected chi connectivity index (χ4v) is 3.06. The third-order valence-electron chi connectivity index (χ3n) is 5.05. The Bertz CT molecular complexity index is 978. The molecule has 2 rings (SSSR count). The van der Waals surface area contributed by atoms with Crippen LogP contribution in [-0.4, -0.2) is 33.6 Å². The van der Waals surface area contributed by atoms with Crippen LogP contribution in [0, 0.1) is 0 Å². The third kappa shape index (κ3) is 8.10. The van der Waals surface area contributed by atoms with Crippen molar-refractivity contribution in [2.24, 2.45) is 0 Å². The van der Waals surface area contributed by atoms with Gasteiger partial charge >= 0.3 is 0 Å². The van der Waals surface area contributed by atoms with Gasteiger partial charge in [0.05, 0.1) is 7.11 Å². The van der Waals surface area contributed by atoms with Crippen molar-refractivity contribution in [2.45, 2.75) is 33.6 Å². The van der Waals surface area contributed by atoms with Crippen molar-refractivity contribution in [1.29, 1.82) is 0 Å². The lowest BCUT2D eigenvalue weighted by Gasteiger charge is -2.11. The van der Waals surface area contributed by atoms with E-state index >= 15 is 0 Å². The van der Waals surface area contributed by atoms with E-state index in [1.165, 1.54) is 11.1 Å². The van der Waals surface area contributed by atoms with Gasteiger partial charge in [-0.25, -0.2) is 0 Å². The smallest absolute Gasteiger partial charge is 0.185 e. The minimum Gasteiger partial charge on any atom is -0.493 e. The Balaban J connectivity index is 1.99. The van der Waals surface area contributed by atoms with E-state index in [0.717, 1.165) is 24.1 Å². The first-order valence-electron chi connectivity index (χ1n) is 10.9. The molecule has 4 heteroatoms. The Kier molecular flexibility index (Phi) is 9.80. The quantitative estimate of drug-likeness (QED) is 0.224. The van der Waals surface area contributed by atoms with Crippen LogP contribution in [0.1, 0.15) is 49.5 Å². The van der Waals surface area contributed by atoms with Crippen LogP contribution in [-0.2, 0) is 0 Å². The van der Waals surface area contributed by atoms with E-state index in [1.54, 1.807) is 31.4 Å². The van der Waals surface area contributed by atoms with Gasteiger partial charge in [-0.05, 0) is 81.7 Å². The minimum atomic E-state index is -0.0819. The standard InChI is InChI=1S/C28H35NO3/c1-21(2)8-7-9-22(3)18-19-32-27-17-13-24(20-28(27)31-6)26(30)16-12-23-10-14-25(15-11-23)29(4)5/h8,10-18,20H,7,9,19H2,1-6H3/b16-12+,22-18+. The summed E-state index contributed by atoms with van der Waals surface area (Å²) >= 11 is 0. The summed E-state index contributed by atoms with van der Waals surface area (Å²) in [6.07, 6.45) is 9.79. The molecule has 0 radical (unpaired) electrons. The summed E-state index contributed by atoms with van der Waals surface area (Å²) in [5.41, 5.74) is 5.28. The van der Waals surface area contributed by atoms with Gasteiger partial charge in [0, 0.05) is 25.3 Å². The fraction of sp³-hybridized carbons (Fsp3) is 0.321. The average Bonchev–Trinajstić information content (AvgIpc) is 2.77. The van der Waals surface area contributed by atoms with Crippen LogP contribution in [0.15, 0.2) is 71.8 Å². The lowest BCUT2D eigenvalue weighted by molar-refractivity contribution is 0.104. The molecule has 0 atom stereocenters. The van der Waals surface area contributed by atoms with Crippen LogP contribution in [0.4, 0.5) is 5.69 Å². The van der Waals surface area contributed by atoms with E-state index in [-0.39, 0.29) is 5.78 Å².